The fourth-order valence-corrected chi connectivity index (χ4v) is 9.59. The highest BCUT2D eigenvalue weighted by Crippen LogP contribution is 2.36. The third-order valence-corrected chi connectivity index (χ3v) is 13.2. The van der Waals surface area contributed by atoms with Crippen molar-refractivity contribution in [1.29, 1.82) is 0 Å². The summed E-state index contributed by atoms with van der Waals surface area (Å²) in [5.74, 6) is 1.63. The van der Waals surface area contributed by atoms with Crippen molar-refractivity contribution in [3.05, 3.63) is 119 Å². The number of alkyl halides is 3. The largest absolute Gasteiger partial charge is 0.497 e. The van der Waals surface area contributed by atoms with Gasteiger partial charge in [-0.1, -0.05) is 26.2 Å². The van der Waals surface area contributed by atoms with Crippen LogP contribution < -0.4 is 19.2 Å². The van der Waals surface area contributed by atoms with Crippen LogP contribution in [-0.2, 0) is 28.6 Å². The molecule has 2 aromatic heterocycles. The molecule has 0 saturated heterocycles. The Labute approximate surface area is 398 Å². The number of methoxy groups -OCH3 is 3. The lowest BCUT2D eigenvalue weighted by atomic mass is 9.95. The molecule has 4 aromatic carbocycles. The number of hydrogen-bond acceptors (Lipinski definition) is 9. The number of anilines is 1. The number of benzene rings is 4. The molecule has 13 nitrogen and oxygen atoms in total. The first-order chi connectivity index (χ1) is 33.1. The molecule has 0 radical (unpaired) electrons. The molecule has 2 amide bonds. The number of carbonyl (C=O) groups excluding carboxylic acids is 4. The fourth-order valence-electron chi connectivity index (χ4n) is 9.59. The summed E-state index contributed by atoms with van der Waals surface area (Å²) in [6, 6.07) is 22.6. The van der Waals surface area contributed by atoms with E-state index in [1.807, 2.05) is 55.7 Å². The minimum atomic E-state index is -4.47. The highest BCUT2D eigenvalue weighted by Gasteiger charge is 2.34. The van der Waals surface area contributed by atoms with E-state index in [-0.39, 0.29) is 48.2 Å². The molecule has 0 N–H and O–H groups in total. The molecule has 360 valence electrons. The second-order valence-corrected chi connectivity index (χ2v) is 17.6. The molecule has 0 bridgehead atoms. The van der Waals surface area contributed by atoms with E-state index in [1.165, 1.54) is 31.4 Å². The second kappa shape index (κ2) is 20.2. The average molecular weight is 945 g/mol. The number of rotatable bonds is 12. The van der Waals surface area contributed by atoms with Crippen LogP contribution in [0, 0.1) is 13.8 Å². The van der Waals surface area contributed by atoms with Gasteiger partial charge in [-0.2, -0.15) is 23.4 Å². The van der Waals surface area contributed by atoms with Gasteiger partial charge in [0.25, 0.3) is 11.8 Å². The fraction of sp³-hybridized carbons (Fsp3) is 0.358. The zero-order chi connectivity index (χ0) is 49.1. The number of fused-ring (bicyclic) bond motifs is 2. The second-order valence-electron chi connectivity index (χ2n) is 17.6. The molecule has 4 heterocycles. The van der Waals surface area contributed by atoms with Crippen molar-refractivity contribution in [2.45, 2.75) is 104 Å². The molecule has 1 aliphatic carbocycles. The van der Waals surface area contributed by atoms with E-state index in [1.54, 1.807) is 61.2 Å². The maximum absolute atomic E-state index is 13.6. The van der Waals surface area contributed by atoms with Gasteiger partial charge in [0.1, 0.15) is 17.2 Å². The van der Waals surface area contributed by atoms with Crippen molar-refractivity contribution in [2.24, 2.45) is 10.2 Å². The predicted octanol–water partition coefficient (Wildman–Crippen LogP) is 10.9. The van der Waals surface area contributed by atoms with Crippen LogP contribution >= 0.6 is 0 Å². The van der Waals surface area contributed by atoms with Gasteiger partial charge in [-0.25, -0.2) is 10.0 Å². The van der Waals surface area contributed by atoms with Crippen molar-refractivity contribution in [2.75, 3.05) is 26.3 Å². The van der Waals surface area contributed by atoms with Gasteiger partial charge in [0, 0.05) is 47.0 Å². The molecule has 16 heteroatoms. The van der Waals surface area contributed by atoms with Gasteiger partial charge in [0.2, 0.25) is 11.8 Å². The molecule has 1 saturated carbocycles. The van der Waals surface area contributed by atoms with Crippen LogP contribution in [0.25, 0.3) is 21.8 Å². The maximum atomic E-state index is 13.6. The van der Waals surface area contributed by atoms with Gasteiger partial charge in [-0.05, 0) is 129 Å². The van der Waals surface area contributed by atoms with Crippen molar-refractivity contribution in [1.82, 2.24) is 14.1 Å². The normalized spacial score (nSPS) is 15.4. The maximum Gasteiger partial charge on any atom is 0.416 e. The summed E-state index contributed by atoms with van der Waals surface area (Å²) in [6.07, 6.45) is 3.74. The Bertz CT molecular complexity index is 3000. The Morgan fingerprint density at radius 3 is 1.74 bits per heavy atom. The molecular formula is C53H55F3N6O7. The highest BCUT2D eigenvalue weighted by atomic mass is 19.4. The van der Waals surface area contributed by atoms with Crippen LogP contribution in [0.3, 0.4) is 0 Å². The highest BCUT2D eigenvalue weighted by molar-refractivity contribution is 6.15. The van der Waals surface area contributed by atoms with Crippen molar-refractivity contribution in [3.63, 3.8) is 0 Å². The summed E-state index contributed by atoms with van der Waals surface area (Å²) in [4.78, 5) is 51.8. The lowest BCUT2D eigenvalue weighted by Gasteiger charge is -2.27. The lowest BCUT2D eigenvalue weighted by molar-refractivity contribution is -0.137. The number of ether oxygens (including phenoxy) is 3. The van der Waals surface area contributed by atoms with E-state index in [0.29, 0.717) is 53.2 Å². The number of hydrogen-bond donors (Lipinski definition) is 0. The Balaban J connectivity index is 0.000000192. The van der Waals surface area contributed by atoms with Crippen molar-refractivity contribution < 1.29 is 46.6 Å². The third kappa shape index (κ3) is 9.88. The molecule has 0 atom stereocenters. The van der Waals surface area contributed by atoms with Crippen LogP contribution in [0.5, 0.6) is 17.2 Å². The molecule has 6 aromatic rings. The Hall–Kier alpha value is -7.23. The van der Waals surface area contributed by atoms with Gasteiger partial charge in [0.05, 0.1) is 73.9 Å². The van der Waals surface area contributed by atoms with E-state index < -0.39 is 11.7 Å². The van der Waals surface area contributed by atoms with Crippen LogP contribution in [0.2, 0.25) is 0 Å². The lowest BCUT2D eigenvalue weighted by Crippen LogP contribution is -2.34. The summed E-state index contributed by atoms with van der Waals surface area (Å²) in [7, 11) is 4.75. The van der Waals surface area contributed by atoms with Gasteiger partial charge < -0.3 is 14.2 Å². The van der Waals surface area contributed by atoms with Gasteiger partial charge in [-0.15, -0.1) is 0 Å². The van der Waals surface area contributed by atoms with Gasteiger partial charge in [0.15, 0.2) is 0 Å². The molecule has 0 unspecified atom stereocenters. The van der Waals surface area contributed by atoms with E-state index in [9.17, 15) is 32.3 Å². The minimum Gasteiger partial charge on any atom is -0.497 e. The smallest absolute Gasteiger partial charge is 0.416 e. The minimum absolute atomic E-state index is 0.00350. The van der Waals surface area contributed by atoms with E-state index in [4.69, 9.17) is 19.3 Å². The Morgan fingerprint density at radius 2 is 1.19 bits per heavy atom. The van der Waals surface area contributed by atoms with E-state index in [0.717, 1.165) is 81.0 Å². The number of nitrogens with zero attached hydrogens (tertiary/aromatic N) is 6. The quantitative estimate of drug-likeness (QED) is 0.119. The Morgan fingerprint density at radius 1 is 0.667 bits per heavy atom. The van der Waals surface area contributed by atoms with Crippen molar-refractivity contribution >= 4 is 62.5 Å². The first-order valence-corrected chi connectivity index (χ1v) is 23.2. The average Bonchev–Trinajstić information content (AvgIpc) is 4.07. The summed E-state index contributed by atoms with van der Waals surface area (Å²) >= 11 is 0. The number of aromatic nitrogens is 2. The first-order valence-electron chi connectivity index (χ1n) is 23.2. The van der Waals surface area contributed by atoms with Crippen LogP contribution in [0.15, 0.2) is 95.1 Å². The number of hydrazone groups is 2. The number of amides is 2. The summed E-state index contributed by atoms with van der Waals surface area (Å²) in [6.45, 7) is 5.83. The molecule has 9 rings (SSSR count). The third-order valence-electron chi connectivity index (χ3n) is 13.2. The first kappa shape index (κ1) is 48.2. The molecule has 0 spiro atoms. The zero-order valence-corrected chi connectivity index (χ0v) is 39.6. The standard InChI is InChI=1S/C29H24F3N3O4.C24H31N3O3/c1-17-24(14-20-15-27(36)35(33-20)21-8-6-19(7-9-21)29(30,31)32)25-16-23(39-3)12-13-26(25)34(17)28(37)18-4-10-22(38-2)11-5-18;1-4-8-23(28)26-16(2)20(21-15-19(30-3)11-12-22(21)26)13-17-14-24(29)27(25-17)18-9-6-5-7-10-18/h4-13,16H,14-15H2,1-3H3;11-12,15,18H,4-10,13-14H2,1-3H3. The molecule has 2 aliphatic heterocycles. The van der Waals surface area contributed by atoms with E-state index >= 15 is 0 Å². The number of halogens is 3. The van der Waals surface area contributed by atoms with Crippen LogP contribution in [0.4, 0.5) is 18.9 Å². The van der Waals surface area contributed by atoms with Crippen molar-refractivity contribution in [3.8, 4) is 17.2 Å². The summed E-state index contributed by atoms with van der Waals surface area (Å²) < 4.78 is 58.3. The van der Waals surface area contributed by atoms with Gasteiger partial charge in [-0.3, -0.25) is 28.3 Å². The topological polar surface area (TPSA) is 137 Å². The monoisotopic (exact) mass is 944 g/mol. The molecular weight excluding hydrogens is 890 g/mol. The Kier molecular flexibility index (Phi) is 14.1. The number of carbonyl (C=O) groups is 4. The SMILES string of the molecule is CCCC(=O)n1c(C)c(CC2=NN(C3CCCCC3)C(=O)C2)c2cc(OC)ccc21.COc1ccc(C(=O)n2c(C)c(CC3=NN(c4ccc(C(F)(F)F)cc4)C(=O)C3)c3cc(OC)ccc32)cc1. The summed E-state index contributed by atoms with van der Waals surface area (Å²) in [5, 5.41) is 13.8. The molecule has 69 heavy (non-hydrogen) atoms. The molecule has 3 aliphatic rings. The van der Waals surface area contributed by atoms with Crippen LogP contribution in [-0.4, -0.2) is 76.6 Å². The molecule has 1 fully saturated rings. The predicted molar refractivity (Wildman–Crippen MR) is 259 cm³/mol. The summed E-state index contributed by atoms with van der Waals surface area (Å²) in [5.41, 5.74) is 6.38. The van der Waals surface area contributed by atoms with Crippen LogP contribution in [0.1, 0.15) is 108 Å². The van der Waals surface area contributed by atoms with Gasteiger partial charge >= 0.3 is 6.18 Å². The van der Waals surface area contributed by atoms with E-state index in [2.05, 4.69) is 5.10 Å². The zero-order valence-electron chi connectivity index (χ0n) is 39.6.